The summed E-state index contributed by atoms with van der Waals surface area (Å²) < 4.78 is 5.29. The summed E-state index contributed by atoms with van der Waals surface area (Å²) in [5, 5.41) is 12.4. The van der Waals surface area contributed by atoms with Crippen LogP contribution in [0.1, 0.15) is 21.5 Å². The van der Waals surface area contributed by atoms with E-state index in [0.717, 1.165) is 17.5 Å². The van der Waals surface area contributed by atoms with Gasteiger partial charge in [0, 0.05) is 25.0 Å². The van der Waals surface area contributed by atoms with Crippen molar-refractivity contribution in [2.24, 2.45) is 0 Å². The first-order valence-electron chi connectivity index (χ1n) is 11.4. The van der Waals surface area contributed by atoms with E-state index in [9.17, 15) is 14.4 Å². The number of nitriles is 1. The van der Waals surface area contributed by atoms with E-state index in [1.54, 1.807) is 50.5 Å². The minimum absolute atomic E-state index is 0.329. The van der Waals surface area contributed by atoms with Crippen molar-refractivity contribution in [2.45, 2.75) is 6.92 Å². The molecule has 0 unspecified atom stereocenters. The first-order valence-corrected chi connectivity index (χ1v) is 11.4. The molecule has 37 heavy (non-hydrogen) atoms. The van der Waals surface area contributed by atoms with Crippen molar-refractivity contribution >= 4 is 34.9 Å². The van der Waals surface area contributed by atoms with E-state index in [-0.39, 0.29) is 0 Å². The zero-order valence-electron chi connectivity index (χ0n) is 20.8. The van der Waals surface area contributed by atoms with Crippen LogP contribution in [0.2, 0.25) is 0 Å². The van der Waals surface area contributed by atoms with Gasteiger partial charge >= 0.3 is 5.97 Å². The standard InChI is InChI=1S/C26H19N3O3.C3H7NO/c1-17-10-12-18(13-11-17)24-14-21(20-7-3-5-9-23(20)28-24)26(31)32-16-25(30)29-22-8-4-2-6-19(22)15-27;1-4(2)3-5/h2-14H,16H2,1H3,(H,29,30);3H,1-2H3. The third-order valence-corrected chi connectivity index (χ3v) is 5.15. The molecular weight excluding hydrogens is 468 g/mol. The molecule has 0 aliphatic rings. The summed E-state index contributed by atoms with van der Waals surface area (Å²) in [5.41, 5.74) is 4.32. The number of benzene rings is 3. The second-order valence-corrected chi connectivity index (χ2v) is 8.29. The van der Waals surface area contributed by atoms with Crippen molar-refractivity contribution < 1.29 is 19.1 Å². The van der Waals surface area contributed by atoms with Gasteiger partial charge in [0.25, 0.3) is 5.91 Å². The van der Waals surface area contributed by atoms with Crippen molar-refractivity contribution in [3.63, 3.8) is 0 Å². The molecule has 0 aliphatic carbocycles. The number of carbonyl (C=O) groups is 3. The molecule has 0 saturated carbocycles. The molecule has 0 aliphatic heterocycles. The summed E-state index contributed by atoms with van der Waals surface area (Å²) >= 11 is 0. The fourth-order valence-corrected chi connectivity index (χ4v) is 3.30. The predicted octanol–water partition coefficient (Wildman–Crippen LogP) is 4.58. The number of rotatable bonds is 6. The Balaban J connectivity index is 0.000000695. The summed E-state index contributed by atoms with van der Waals surface area (Å²) in [6.45, 7) is 1.52. The highest BCUT2D eigenvalue weighted by Gasteiger charge is 2.17. The Morgan fingerprint density at radius 3 is 2.35 bits per heavy atom. The van der Waals surface area contributed by atoms with E-state index < -0.39 is 18.5 Å². The van der Waals surface area contributed by atoms with Gasteiger partial charge in [0.2, 0.25) is 6.41 Å². The number of hydrogen-bond acceptors (Lipinski definition) is 6. The van der Waals surface area contributed by atoms with E-state index in [2.05, 4.69) is 10.3 Å². The van der Waals surface area contributed by atoms with E-state index in [1.807, 2.05) is 55.5 Å². The molecule has 0 saturated heterocycles. The summed E-state index contributed by atoms with van der Waals surface area (Å²) in [6, 6.07) is 25.4. The highest BCUT2D eigenvalue weighted by atomic mass is 16.5. The normalized spacial score (nSPS) is 9.89. The molecule has 1 aromatic heterocycles. The first kappa shape index (κ1) is 26.6. The molecule has 0 fully saturated rings. The van der Waals surface area contributed by atoms with Gasteiger partial charge in [0.05, 0.1) is 28.0 Å². The van der Waals surface area contributed by atoms with Gasteiger partial charge in [-0.2, -0.15) is 5.26 Å². The van der Waals surface area contributed by atoms with Gasteiger partial charge in [-0.15, -0.1) is 0 Å². The van der Waals surface area contributed by atoms with E-state index in [4.69, 9.17) is 10.00 Å². The highest BCUT2D eigenvalue weighted by Crippen LogP contribution is 2.26. The van der Waals surface area contributed by atoms with Gasteiger partial charge in [-0.1, -0.05) is 60.2 Å². The number of ether oxygens (including phenoxy) is 1. The number of esters is 1. The van der Waals surface area contributed by atoms with E-state index in [0.29, 0.717) is 33.4 Å². The van der Waals surface area contributed by atoms with Crippen molar-refractivity contribution in [1.29, 1.82) is 5.26 Å². The lowest BCUT2D eigenvalue weighted by molar-refractivity contribution is -0.119. The van der Waals surface area contributed by atoms with Crippen LogP contribution in [0.25, 0.3) is 22.2 Å². The molecule has 1 heterocycles. The number of carbonyl (C=O) groups excluding carboxylic acids is 3. The zero-order chi connectivity index (χ0) is 26.8. The van der Waals surface area contributed by atoms with Crippen LogP contribution < -0.4 is 5.32 Å². The number of aryl methyl sites for hydroxylation is 1. The molecule has 3 aromatic carbocycles. The lowest BCUT2D eigenvalue weighted by atomic mass is 10.0. The Kier molecular flexibility index (Phi) is 9.06. The lowest BCUT2D eigenvalue weighted by Crippen LogP contribution is -2.21. The quantitative estimate of drug-likeness (QED) is 0.310. The molecule has 0 atom stereocenters. The average molecular weight is 495 g/mol. The third-order valence-electron chi connectivity index (χ3n) is 5.15. The molecule has 8 nitrogen and oxygen atoms in total. The summed E-state index contributed by atoms with van der Waals surface area (Å²) in [6.07, 6.45) is 0.750. The SMILES string of the molecule is CN(C)C=O.Cc1ccc(-c2cc(C(=O)OCC(=O)Nc3ccccc3C#N)c3ccccc3n2)cc1. The number of pyridine rings is 1. The first-order chi connectivity index (χ1) is 17.8. The Labute approximate surface area is 215 Å². The van der Waals surface area contributed by atoms with Gasteiger partial charge in [0.1, 0.15) is 6.07 Å². The number of amides is 2. The number of para-hydroxylation sites is 2. The number of fused-ring (bicyclic) bond motifs is 1. The maximum atomic E-state index is 12.9. The predicted molar refractivity (Wildman–Crippen MR) is 142 cm³/mol. The second kappa shape index (κ2) is 12.6. The van der Waals surface area contributed by atoms with Crippen molar-refractivity contribution in [2.75, 3.05) is 26.0 Å². The largest absolute Gasteiger partial charge is 0.452 e. The summed E-state index contributed by atoms with van der Waals surface area (Å²) in [7, 11) is 3.38. The molecule has 0 radical (unpaired) electrons. The van der Waals surface area contributed by atoms with Gasteiger partial charge in [-0.05, 0) is 31.2 Å². The topological polar surface area (TPSA) is 112 Å². The van der Waals surface area contributed by atoms with Crippen LogP contribution in [0.5, 0.6) is 0 Å². The number of nitrogens with one attached hydrogen (secondary N) is 1. The highest BCUT2D eigenvalue weighted by molar-refractivity contribution is 6.05. The van der Waals surface area contributed by atoms with Crippen LogP contribution in [-0.2, 0) is 14.3 Å². The summed E-state index contributed by atoms with van der Waals surface area (Å²) in [4.78, 5) is 40.7. The van der Waals surface area contributed by atoms with Crippen molar-refractivity contribution in [3.8, 4) is 17.3 Å². The number of aromatic nitrogens is 1. The molecule has 4 rings (SSSR count). The van der Waals surface area contributed by atoms with Crippen LogP contribution in [0.15, 0.2) is 78.9 Å². The minimum Gasteiger partial charge on any atom is -0.452 e. The van der Waals surface area contributed by atoms with Crippen LogP contribution in [0.4, 0.5) is 5.69 Å². The average Bonchev–Trinajstić information content (AvgIpc) is 2.92. The fraction of sp³-hybridized carbons (Fsp3) is 0.138. The monoisotopic (exact) mass is 494 g/mol. The van der Waals surface area contributed by atoms with E-state index in [1.165, 1.54) is 4.90 Å². The molecule has 1 N–H and O–H groups in total. The minimum atomic E-state index is -0.624. The zero-order valence-corrected chi connectivity index (χ0v) is 20.8. The molecule has 186 valence electrons. The summed E-state index contributed by atoms with van der Waals surface area (Å²) in [5.74, 6) is -1.15. The molecule has 0 bridgehead atoms. The van der Waals surface area contributed by atoms with Gasteiger partial charge < -0.3 is 15.0 Å². The molecule has 2 amide bonds. The molecule has 0 spiro atoms. The molecule has 8 heteroatoms. The third kappa shape index (κ3) is 7.23. The van der Waals surface area contributed by atoms with Gasteiger partial charge in [-0.3, -0.25) is 9.59 Å². The maximum absolute atomic E-state index is 12.9. The van der Waals surface area contributed by atoms with Crippen molar-refractivity contribution in [3.05, 3.63) is 95.6 Å². The number of nitrogens with zero attached hydrogens (tertiary/aromatic N) is 3. The van der Waals surface area contributed by atoms with Crippen LogP contribution in [0.3, 0.4) is 0 Å². The van der Waals surface area contributed by atoms with Gasteiger partial charge in [-0.25, -0.2) is 9.78 Å². The van der Waals surface area contributed by atoms with E-state index >= 15 is 0 Å². The lowest BCUT2D eigenvalue weighted by Gasteiger charge is -2.11. The van der Waals surface area contributed by atoms with Crippen LogP contribution >= 0.6 is 0 Å². The Morgan fingerprint density at radius 1 is 1.03 bits per heavy atom. The van der Waals surface area contributed by atoms with Crippen molar-refractivity contribution in [1.82, 2.24) is 9.88 Å². The smallest absolute Gasteiger partial charge is 0.339 e. The van der Waals surface area contributed by atoms with Crippen LogP contribution in [0, 0.1) is 18.3 Å². The molecule has 4 aromatic rings. The number of anilines is 1. The Hall–Kier alpha value is -5.03. The van der Waals surface area contributed by atoms with Crippen LogP contribution in [-0.4, -0.2) is 48.9 Å². The second-order valence-electron chi connectivity index (χ2n) is 8.29. The Bertz CT molecular complexity index is 1460. The number of hydrogen-bond donors (Lipinski definition) is 1. The maximum Gasteiger partial charge on any atom is 0.339 e. The Morgan fingerprint density at radius 2 is 1.68 bits per heavy atom. The van der Waals surface area contributed by atoms with Gasteiger partial charge in [0.15, 0.2) is 6.61 Å². The fourth-order valence-electron chi connectivity index (χ4n) is 3.30. The molecular formula is C29H26N4O4.